The minimum Gasteiger partial charge on any atom is -0.479 e. The Kier molecular flexibility index (Phi) is 4.76. The van der Waals surface area contributed by atoms with Gasteiger partial charge in [-0.15, -0.1) is 0 Å². The molecule has 1 heterocycles. The molecule has 0 aromatic heterocycles. The number of amides is 1. The van der Waals surface area contributed by atoms with E-state index in [1.165, 1.54) is 12.1 Å². The van der Waals surface area contributed by atoms with Crippen molar-refractivity contribution >= 4 is 21.6 Å². The number of nitrogens with two attached hydrogens (primary N) is 1. The molecule has 3 rings (SSSR count). The number of fused-ring (bicyclic) bond motifs is 1. The molecule has 0 aliphatic carbocycles. The summed E-state index contributed by atoms with van der Waals surface area (Å²) in [5, 5.41) is 11.2. The Morgan fingerprint density at radius 2 is 1.76 bits per heavy atom. The van der Waals surface area contributed by atoms with E-state index >= 15 is 0 Å². The van der Waals surface area contributed by atoms with Crippen molar-refractivity contribution in [1.29, 1.82) is 0 Å². The summed E-state index contributed by atoms with van der Waals surface area (Å²) in [6.45, 7) is 2.87. The molecule has 7 nitrogen and oxygen atoms in total. The van der Waals surface area contributed by atoms with Gasteiger partial charge in [0.25, 0.3) is 5.91 Å². The lowest BCUT2D eigenvalue weighted by molar-refractivity contribution is -0.122. The predicted octanol–water partition coefficient (Wildman–Crippen LogP) is 1.34. The van der Waals surface area contributed by atoms with Crippen LogP contribution in [-0.2, 0) is 27.9 Å². The van der Waals surface area contributed by atoms with Crippen LogP contribution in [0.25, 0.3) is 0 Å². The van der Waals surface area contributed by atoms with Crippen LogP contribution in [0.4, 0.5) is 5.69 Å². The maximum atomic E-state index is 11.7. The molecular formula is C17H19N3O4S. The van der Waals surface area contributed by atoms with Gasteiger partial charge in [0.2, 0.25) is 10.0 Å². The molecule has 0 radical (unpaired) electrons. The van der Waals surface area contributed by atoms with Crippen molar-refractivity contribution < 1.29 is 17.9 Å². The number of hydrogen-bond acceptors (Lipinski definition) is 5. The first-order valence-electron chi connectivity index (χ1n) is 7.76. The second-order valence-corrected chi connectivity index (χ2v) is 7.43. The standard InChI is InChI=1S/C17H19N3O4S/c1-11-17(21)20-15-8-13(4-7-16(15)24-11)10-19-9-12-2-5-14(6-3-12)25(18,22)23/h2-8,11,19H,9-10H2,1H3,(H,20,21)(H2,18,22,23). The monoisotopic (exact) mass is 361 g/mol. The van der Waals surface area contributed by atoms with E-state index in [0.29, 0.717) is 24.5 Å². The first-order valence-corrected chi connectivity index (χ1v) is 9.30. The van der Waals surface area contributed by atoms with Gasteiger partial charge in [-0.2, -0.15) is 0 Å². The van der Waals surface area contributed by atoms with Gasteiger partial charge in [0.05, 0.1) is 10.6 Å². The van der Waals surface area contributed by atoms with Crippen LogP contribution in [0.1, 0.15) is 18.1 Å². The van der Waals surface area contributed by atoms with Crippen molar-refractivity contribution in [3.8, 4) is 5.75 Å². The molecule has 1 aliphatic rings. The number of hydrogen-bond donors (Lipinski definition) is 3. The predicted molar refractivity (Wildman–Crippen MR) is 93.5 cm³/mol. The number of rotatable bonds is 5. The number of benzene rings is 2. The first kappa shape index (κ1) is 17.4. The van der Waals surface area contributed by atoms with Gasteiger partial charge in [0.15, 0.2) is 6.10 Å². The summed E-state index contributed by atoms with van der Waals surface area (Å²) in [4.78, 5) is 11.8. The molecular weight excluding hydrogens is 342 g/mol. The maximum absolute atomic E-state index is 11.7. The minimum absolute atomic E-state index is 0.0934. The lowest BCUT2D eigenvalue weighted by atomic mass is 10.1. The molecule has 0 spiro atoms. The van der Waals surface area contributed by atoms with Gasteiger partial charge in [-0.25, -0.2) is 13.6 Å². The topological polar surface area (TPSA) is 111 Å². The molecule has 1 atom stereocenters. The fourth-order valence-corrected chi connectivity index (χ4v) is 3.03. The van der Waals surface area contributed by atoms with Gasteiger partial charge in [-0.05, 0) is 42.3 Å². The highest BCUT2D eigenvalue weighted by molar-refractivity contribution is 7.89. The van der Waals surface area contributed by atoms with Crippen LogP contribution in [0.3, 0.4) is 0 Å². The molecule has 25 heavy (non-hydrogen) atoms. The van der Waals surface area contributed by atoms with Crippen LogP contribution < -0.4 is 20.5 Å². The Labute approximate surface area is 146 Å². The molecule has 0 fully saturated rings. The van der Waals surface area contributed by atoms with Crippen LogP contribution in [-0.4, -0.2) is 20.4 Å². The van der Waals surface area contributed by atoms with Crippen LogP contribution in [0.15, 0.2) is 47.4 Å². The normalized spacial score (nSPS) is 16.7. The zero-order valence-electron chi connectivity index (χ0n) is 13.7. The average molecular weight is 361 g/mol. The van der Waals surface area contributed by atoms with E-state index in [-0.39, 0.29) is 10.8 Å². The highest BCUT2D eigenvalue weighted by Gasteiger charge is 2.23. The maximum Gasteiger partial charge on any atom is 0.265 e. The Hall–Kier alpha value is -2.42. The molecule has 0 bridgehead atoms. The number of carbonyl (C=O) groups is 1. The summed E-state index contributed by atoms with van der Waals surface area (Å²) in [6.07, 6.45) is -0.489. The zero-order chi connectivity index (χ0) is 18.0. The third-order valence-corrected chi connectivity index (χ3v) is 4.81. The van der Waals surface area contributed by atoms with Crippen molar-refractivity contribution in [2.24, 2.45) is 5.14 Å². The van der Waals surface area contributed by atoms with Crippen LogP contribution in [0.2, 0.25) is 0 Å². The van der Waals surface area contributed by atoms with Gasteiger partial charge < -0.3 is 15.4 Å². The fraction of sp³-hybridized carbons (Fsp3) is 0.235. The smallest absolute Gasteiger partial charge is 0.265 e. The second kappa shape index (κ2) is 6.83. The van der Waals surface area contributed by atoms with E-state index in [4.69, 9.17) is 9.88 Å². The Morgan fingerprint density at radius 3 is 2.44 bits per heavy atom. The summed E-state index contributed by atoms with van der Waals surface area (Å²) in [5.74, 6) is 0.502. The third kappa shape index (κ3) is 4.16. The number of anilines is 1. The Bertz CT molecular complexity index is 895. The lowest BCUT2D eigenvalue weighted by Crippen LogP contribution is -2.34. The number of carbonyl (C=O) groups excluding carboxylic acids is 1. The third-order valence-electron chi connectivity index (χ3n) is 3.88. The molecule has 8 heteroatoms. The van der Waals surface area contributed by atoms with Crippen molar-refractivity contribution in [2.45, 2.75) is 31.0 Å². The van der Waals surface area contributed by atoms with Crippen molar-refractivity contribution in [2.75, 3.05) is 5.32 Å². The molecule has 132 valence electrons. The van der Waals surface area contributed by atoms with E-state index in [9.17, 15) is 13.2 Å². The summed E-state index contributed by atoms with van der Waals surface area (Å²) < 4.78 is 28.0. The Morgan fingerprint density at radius 1 is 1.12 bits per heavy atom. The summed E-state index contributed by atoms with van der Waals surface area (Å²) in [5.41, 5.74) is 2.61. The quantitative estimate of drug-likeness (QED) is 0.744. The summed E-state index contributed by atoms with van der Waals surface area (Å²) in [7, 11) is -3.67. The molecule has 0 saturated heterocycles. The van der Waals surface area contributed by atoms with Crippen molar-refractivity contribution in [3.05, 3.63) is 53.6 Å². The van der Waals surface area contributed by atoms with E-state index < -0.39 is 16.1 Å². The molecule has 1 aliphatic heterocycles. The Balaban J connectivity index is 1.59. The molecule has 2 aromatic carbocycles. The van der Waals surface area contributed by atoms with E-state index in [0.717, 1.165) is 11.1 Å². The zero-order valence-corrected chi connectivity index (χ0v) is 14.5. The van der Waals surface area contributed by atoms with Gasteiger partial charge in [-0.1, -0.05) is 18.2 Å². The van der Waals surface area contributed by atoms with Crippen LogP contribution >= 0.6 is 0 Å². The van der Waals surface area contributed by atoms with E-state index in [1.54, 1.807) is 19.1 Å². The largest absolute Gasteiger partial charge is 0.479 e. The van der Waals surface area contributed by atoms with E-state index in [2.05, 4.69) is 10.6 Å². The molecule has 2 aromatic rings. The molecule has 1 unspecified atom stereocenters. The summed E-state index contributed by atoms with van der Waals surface area (Å²) in [6, 6.07) is 12.0. The first-order chi connectivity index (χ1) is 11.8. The second-order valence-electron chi connectivity index (χ2n) is 5.87. The molecule has 4 N–H and O–H groups in total. The van der Waals surface area contributed by atoms with Gasteiger partial charge in [-0.3, -0.25) is 4.79 Å². The SMILES string of the molecule is CC1Oc2ccc(CNCc3ccc(S(N)(=O)=O)cc3)cc2NC1=O. The highest BCUT2D eigenvalue weighted by Crippen LogP contribution is 2.30. The lowest BCUT2D eigenvalue weighted by Gasteiger charge is -2.23. The number of sulfonamides is 1. The van der Waals surface area contributed by atoms with Gasteiger partial charge in [0.1, 0.15) is 5.75 Å². The van der Waals surface area contributed by atoms with Crippen molar-refractivity contribution in [1.82, 2.24) is 5.32 Å². The molecule has 0 saturated carbocycles. The number of primary sulfonamides is 1. The minimum atomic E-state index is -3.67. The molecule has 1 amide bonds. The van der Waals surface area contributed by atoms with Crippen LogP contribution in [0.5, 0.6) is 5.75 Å². The highest BCUT2D eigenvalue weighted by atomic mass is 32.2. The fourth-order valence-electron chi connectivity index (χ4n) is 2.51. The summed E-state index contributed by atoms with van der Waals surface area (Å²) >= 11 is 0. The number of ether oxygens (including phenoxy) is 1. The number of nitrogens with one attached hydrogen (secondary N) is 2. The van der Waals surface area contributed by atoms with Gasteiger partial charge in [0, 0.05) is 13.1 Å². The van der Waals surface area contributed by atoms with Gasteiger partial charge >= 0.3 is 0 Å². The van der Waals surface area contributed by atoms with Crippen LogP contribution in [0, 0.1) is 0 Å². The van der Waals surface area contributed by atoms with E-state index in [1.807, 2.05) is 18.2 Å². The average Bonchev–Trinajstić information content (AvgIpc) is 2.56. The van der Waals surface area contributed by atoms with Crippen molar-refractivity contribution in [3.63, 3.8) is 0 Å².